The molecule has 0 fully saturated rings. The van der Waals surface area contributed by atoms with Gasteiger partial charge in [-0.1, -0.05) is 13.2 Å². The number of allylic oxidation sites excluding steroid dienone is 1. The first-order valence-electron chi connectivity index (χ1n) is 3.76. The van der Waals surface area contributed by atoms with E-state index in [0.717, 1.165) is 5.70 Å². The van der Waals surface area contributed by atoms with Gasteiger partial charge in [0.1, 0.15) is 6.61 Å². The lowest BCUT2D eigenvalue weighted by Gasteiger charge is -2.05. The van der Waals surface area contributed by atoms with Crippen molar-refractivity contribution in [2.24, 2.45) is 0 Å². The molecule has 0 aliphatic heterocycles. The molecule has 1 N–H and O–H groups in total. The van der Waals surface area contributed by atoms with Gasteiger partial charge < -0.3 is 10.1 Å². The van der Waals surface area contributed by atoms with Gasteiger partial charge in [-0.25, -0.2) is 4.79 Å². The van der Waals surface area contributed by atoms with Crippen LogP contribution < -0.4 is 5.32 Å². The van der Waals surface area contributed by atoms with Crippen molar-refractivity contribution in [1.29, 1.82) is 0 Å². The number of carbonyl (C=O) groups is 1. The van der Waals surface area contributed by atoms with Gasteiger partial charge in [0.05, 0.1) is 0 Å². The average Bonchev–Trinajstić information content (AvgIpc) is 1.97. The molecular formula is C9H15NO2. The Hall–Kier alpha value is -1.25. The molecule has 0 bridgehead atoms. The molecule has 0 heterocycles. The first kappa shape index (κ1) is 10.8. The van der Waals surface area contributed by atoms with Crippen LogP contribution in [0.25, 0.3) is 0 Å². The fraction of sp³-hybridized carbons (Fsp3) is 0.444. The second kappa shape index (κ2) is 5.41. The summed E-state index contributed by atoms with van der Waals surface area (Å²) in [5.41, 5.74) is 1.28. The van der Waals surface area contributed by atoms with E-state index >= 15 is 0 Å². The number of esters is 1. The van der Waals surface area contributed by atoms with Gasteiger partial charge in [-0.2, -0.15) is 0 Å². The van der Waals surface area contributed by atoms with Crippen molar-refractivity contribution >= 4 is 5.97 Å². The van der Waals surface area contributed by atoms with Gasteiger partial charge in [0.2, 0.25) is 0 Å². The zero-order valence-corrected chi connectivity index (χ0v) is 7.64. The van der Waals surface area contributed by atoms with Gasteiger partial charge in [-0.05, 0) is 13.8 Å². The summed E-state index contributed by atoms with van der Waals surface area (Å²) in [5, 5.41) is 2.94. The lowest BCUT2D eigenvalue weighted by atomic mass is 10.4. The van der Waals surface area contributed by atoms with E-state index in [2.05, 4.69) is 18.5 Å². The van der Waals surface area contributed by atoms with E-state index in [0.29, 0.717) is 18.7 Å². The highest BCUT2D eigenvalue weighted by molar-refractivity contribution is 5.86. The zero-order chi connectivity index (χ0) is 9.56. The molecule has 0 unspecified atom stereocenters. The maximum Gasteiger partial charge on any atom is 0.333 e. The van der Waals surface area contributed by atoms with Gasteiger partial charge in [0, 0.05) is 17.8 Å². The highest BCUT2D eigenvalue weighted by Crippen LogP contribution is 1.90. The van der Waals surface area contributed by atoms with Crippen LogP contribution in [0.4, 0.5) is 0 Å². The van der Waals surface area contributed by atoms with E-state index < -0.39 is 0 Å². The lowest BCUT2D eigenvalue weighted by Crippen LogP contribution is -2.19. The fourth-order valence-electron chi connectivity index (χ4n) is 0.531. The molecule has 0 aromatic heterocycles. The second-order valence-electron chi connectivity index (χ2n) is 2.62. The summed E-state index contributed by atoms with van der Waals surface area (Å²) < 4.78 is 4.81. The minimum atomic E-state index is -0.349. The molecule has 3 nitrogen and oxygen atoms in total. The summed E-state index contributed by atoms with van der Waals surface area (Å²) in [6.45, 7) is 11.5. The largest absolute Gasteiger partial charge is 0.460 e. The number of hydrogen-bond donors (Lipinski definition) is 1. The van der Waals surface area contributed by atoms with Gasteiger partial charge in [-0.15, -0.1) is 0 Å². The Balaban J connectivity index is 3.38. The molecule has 0 aliphatic rings. The topological polar surface area (TPSA) is 38.3 Å². The Kier molecular flexibility index (Phi) is 4.84. The van der Waals surface area contributed by atoms with Crippen LogP contribution in [0.2, 0.25) is 0 Å². The minimum Gasteiger partial charge on any atom is -0.460 e. The van der Waals surface area contributed by atoms with Crippen LogP contribution in [0.15, 0.2) is 24.4 Å². The number of carbonyl (C=O) groups excluding carboxylic acids is 1. The zero-order valence-electron chi connectivity index (χ0n) is 7.64. The fourth-order valence-corrected chi connectivity index (χ4v) is 0.531. The van der Waals surface area contributed by atoms with Crippen molar-refractivity contribution in [1.82, 2.24) is 5.32 Å². The quantitative estimate of drug-likeness (QED) is 0.382. The molecule has 0 aliphatic carbocycles. The Morgan fingerprint density at radius 3 is 2.42 bits per heavy atom. The summed E-state index contributed by atoms with van der Waals surface area (Å²) in [5.74, 6) is -0.349. The number of ether oxygens (including phenoxy) is 1. The van der Waals surface area contributed by atoms with E-state index in [1.54, 1.807) is 6.92 Å². The normalized spacial score (nSPS) is 8.83. The lowest BCUT2D eigenvalue weighted by molar-refractivity contribution is -0.138. The molecule has 3 heteroatoms. The predicted molar refractivity (Wildman–Crippen MR) is 48.6 cm³/mol. The first-order chi connectivity index (χ1) is 5.54. The number of hydrogen-bond acceptors (Lipinski definition) is 3. The van der Waals surface area contributed by atoms with Crippen molar-refractivity contribution in [2.75, 3.05) is 13.2 Å². The molecule has 0 saturated heterocycles. The standard InChI is InChI=1S/C9H15NO2/c1-7(2)9(11)12-6-5-10-8(3)4/h10H,1,3,5-6H2,2,4H3. The highest BCUT2D eigenvalue weighted by atomic mass is 16.5. The van der Waals surface area contributed by atoms with Crippen molar-refractivity contribution in [3.63, 3.8) is 0 Å². The Morgan fingerprint density at radius 2 is 2.00 bits per heavy atom. The van der Waals surface area contributed by atoms with Crippen molar-refractivity contribution < 1.29 is 9.53 Å². The maximum absolute atomic E-state index is 10.8. The van der Waals surface area contributed by atoms with Gasteiger partial charge in [0.15, 0.2) is 0 Å². The average molecular weight is 169 g/mol. The minimum absolute atomic E-state index is 0.346. The van der Waals surface area contributed by atoms with Gasteiger partial charge >= 0.3 is 5.97 Å². The molecular weight excluding hydrogens is 154 g/mol. The molecule has 68 valence electrons. The maximum atomic E-state index is 10.8. The molecule has 12 heavy (non-hydrogen) atoms. The van der Waals surface area contributed by atoms with Crippen LogP contribution in [-0.4, -0.2) is 19.1 Å². The van der Waals surface area contributed by atoms with Crippen molar-refractivity contribution in [3.8, 4) is 0 Å². The summed E-state index contributed by atoms with van der Waals surface area (Å²) in [7, 11) is 0. The summed E-state index contributed by atoms with van der Waals surface area (Å²) in [6, 6.07) is 0. The van der Waals surface area contributed by atoms with E-state index in [9.17, 15) is 4.79 Å². The van der Waals surface area contributed by atoms with Crippen LogP contribution in [-0.2, 0) is 9.53 Å². The van der Waals surface area contributed by atoms with E-state index in [-0.39, 0.29) is 5.97 Å². The van der Waals surface area contributed by atoms with Crippen LogP contribution in [0, 0.1) is 0 Å². The Bertz CT molecular complexity index is 197. The SMILES string of the molecule is C=C(C)NCCOC(=O)C(=C)C. The molecule has 0 saturated carbocycles. The van der Waals surface area contributed by atoms with Crippen LogP contribution >= 0.6 is 0 Å². The van der Waals surface area contributed by atoms with Gasteiger partial charge in [-0.3, -0.25) is 0 Å². The molecule has 0 amide bonds. The van der Waals surface area contributed by atoms with Crippen LogP contribution in [0.1, 0.15) is 13.8 Å². The summed E-state index contributed by atoms with van der Waals surface area (Å²) in [6.07, 6.45) is 0. The van der Waals surface area contributed by atoms with E-state index in [1.165, 1.54) is 0 Å². The Labute approximate surface area is 73.1 Å². The number of rotatable bonds is 5. The second-order valence-corrected chi connectivity index (χ2v) is 2.62. The number of nitrogens with one attached hydrogen (secondary N) is 1. The monoisotopic (exact) mass is 169 g/mol. The third-order valence-corrected chi connectivity index (χ3v) is 1.11. The third-order valence-electron chi connectivity index (χ3n) is 1.11. The van der Waals surface area contributed by atoms with Gasteiger partial charge in [0.25, 0.3) is 0 Å². The first-order valence-corrected chi connectivity index (χ1v) is 3.76. The van der Waals surface area contributed by atoms with Crippen molar-refractivity contribution in [3.05, 3.63) is 24.4 Å². The molecule has 0 atom stereocenters. The predicted octanol–water partition coefficient (Wildman–Crippen LogP) is 1.23. The summed E-state index contributed by atoms with van der Waals surface area (Å²) in [4.78, 5) is 10.8. The highest BCUT2D eigenvalue weighted by Gasteiger charge is 2.00. The molecule has 0 radical (unpaired) electrons. The van der Waals surface area contributed by atoms with Crippen LogP contribution in [0.3, 0.4) is 0 Å². The molecule has 0 rings (SSSR count). The molecule has 0 spiro atoms. The molecule has 0 aromatic rings. The van der Waals surface area contributed by atoms with E-state index in [1.807, 2.05) is 6.92 Å². The Morgan fingerprint density at radius 1 is 1.42 bits per heavy atom. The third kappa shape index (κ3) is 5.53. The van der Waals surface area contributed by atoms with Crippen molar-refractivity contribution in [2.45, 2.75) is 13.8 Å². The smallest absolute Gasteiger partial charge is 0.333 e. The van der Waals surface area contributed by atoms with E-state index in [4.69, 9.17) is 4.74 Å². The van der Waals surface area contributed by atoms with Crippen LogP contribution in [0.5, 0.6) is 0 Å². The summed E-state index contributed by atoms with van der Waals surface area (Å²) >= 11 is 0. The molecule has 0 aromatic carbocycles.